The summed E-state index contributed by atoms with van der Waals surface area (Å²) >= 11 is 6.46. The van der Waals surface area contributed by atoms with Crippen molar-refractivity contribution in [3.63, 3.8) is 0 Å². The van der Waals surface area contributed by atoms with Crippen LogP contribution in [-0.4, -0.2) is 71.1 Å². The number of anilines is 4. The van der Waals surface area contributed by atoms with Crippen LogP contribution in [-0.2, 0) is 16.4 Å². The topological polar surface area (TPSA) is 117 Å². The molecule has 2 fully saturated rings. The van der Waals surface area contributed by atoms with Gasteiger partial charge in [0.2, 0.25) is 5.95 Å². The molecule has 0 saturated carbocycles. The Morgan fingerprint density at radius 3 is 2.66 bits per heavy atom. The van der Waals surface area contributed by atoms with Crippen LogP contribution in [0.2, 0.25) is 5.02 Å². The fraction of sp³-hybridized carbons (Fsp3) is 0.469. The van der Waals surface area contributed by atoms with Gasteiger partial charge in [0.25, 0.3) is 5.91 Å². The summed E-state index contributed by atoms with van der Waals surface area (Å²) in [5.74, 6) is 1.12. The number of aromatic nitrogens is 2. The first-order valence-electron chi connectivity index (χ1n) is 15.3. The molecule has 2 aromatic carbocycles. The number of hydrogen-bond acceptors (Lipinski definition) is 9. The van der Waals surface area contributed by atoms with E-state index in [1.807, 2.05) is 37.8 Å². The number of para-hydroxylation sites is 1. The maximum absolute atomic E-state index is 13.8. The van der Waals surface area contributed by atoms with Gasteiger partial charge in [-0.3, -0.25) is 9.69 Å². The normalized spacial score (nSPS) is 21.5. The van der Waals surface area contributed by atoms with E-state index < -0.39 is 9.84 Å². The van der Waals surface area contributed by atoms with E-state index >= 15 is 0 Å². The largest absolute Gasteiger partial charge is 0.489 e. The fourth-order valence-electron chi connectivity index (χ4n) is 6.82. The molecule has 44 heavy (non-hydrogen) atoms. The zero-order chi connectivity index (χ0) is 31.2. The smallest absolute Gasteiger partial charge is 0.254 e. The highest BCUT2D eigenvalue weighted by Crippen LogP contribution is 2.42. The maximum atomic E-state index is 13.8. The first-order valence-corrected chi connectivity index (χ1v) is 17.3. The minimum Gasteiger partial charge on any atom is -0.489 e. The zero-order valence-corrected chi connectivity index (χ0v) is 27.1. The number of amides is 1. The van der Waals surface area contributed by atoms with E-state index in [0.717, 1.165) is 18.4 Å². The van der Waals surface area contributed by atoms with Crippen LogP contribution >= 0.6 is 11.6 Å². The molecule has 12 heteroatoms. The molecule has 3 atom stereocenters. The number of nitrogens with one attached hydrogen (secondary N) is 2. The first kappa shape index (κ1) is 30.6. The lowest BCUT2D eigenvalue weighted by atomic mass is 10.0. The molecule has 0 aliphatic carbocycles. The van der Waals surface area contributed by atoms with Crippen molar-refractivity contribution in [3.8, 4) is 5.75 Å². The average molecular weight is 639 g/mol. The second-order valence-electron chi connectivity index (χ2n) is 12.2. The minimum atomic E-state index is -3.50. The van der Waals surface area contributed by atoms with Crippen molar-refractivity contribution < 1.29 is 17.9 Å². The van der Waals surface area contributed by atoms with E-state index in [-0.39, 0.29) is 45.5 Å². The van der Waals surface area contributed by atoms with Crippen LogP contribution in [0.3, 0.4) is 0 Å². The Labute approximate surface area is 264 Å². The van der Waals surface area contributed by atoms with Crippen LogP contribution in [0.25, 0.3) is 0 Å². The lowest BCUT2D eigenvalue weighted by Crippen LogP contribution is -2.45. The summed E-state index contributed by atoms with van der Waals surface area (Å²) in [7, 11) is -1.31. The number of hydrogen-bond donors (Lipinski definition) is 2. The molecule has 0 spiro atoms. The number of fused-ring (bicyclic) bond motifs is 3. The van der Waals surface area contributed by atoms with Gasteiger partial charge in [0.05, 0.1) is 34.3 Å². The predicted molar refractivity (Wildman–Crippen MR) is 172 cm³/mol. The highest BCUT2D eigenvalue weighted by atomic mass is 35.5. The Bertz CT molecular complexity index is 1680. The molecule has 2 N–H and O–H groups in total. The summed E-state index contributed by atoms with van der Waals surface area (Å²) in [6.45, 7) is 6.30. The third-order valence-electron chi connectivity index (χ3n) is 8.83. The highest BCUT2D eigenvalue weighted by molar-refractivity contribution is 7.91. The second-order valence-corrected chi connectivity index (χ2v) is 14.7. The molecule has 2 saturated heterocycles. The van der Waals surface area contributed by atoms with Crippen molar-refractivity contribution >= 4 is 50.5 Å². The number of likely N-dealkylation sites (N-methyl/N-ethyl adjacent to an activating group) is 1. The molecule has 3 unspecified atom stereocenters. The van der Waals surface area contributed by atoms with Gasteiger partial charge < -0.3 is 20.3 Å². The number of benzene rings is 2. The highest BCUT2D eigenvalue weighted by Gasteiger charge is 2.47. The van der Waals surface area contributed by atoms with Crippen molar-refractivity contribution in [2.45, 2.75) is 88.5 Å². The van der Waals surface area contributed by atoms with Crippen molar-refractivity contribution in [1.82, 2.24) is 19.8 Å². The van der Waals surface area contributed by atoms with Crippen molar-refractivity contribution in [2.24, 2.45) is 0 Å². The Morgan fingerprint density at radius 2 is 1.91 bits per heavy atom. The number of carbonyl (C=O) groups is 1. The number of piperidine rings is 1. The van der Waals surface area contributed by atoms with Crippen molar-refractivity contribution in [3.05, 3.63) is 58.7 Å². The first-order chi connectivity index (χ1) is 21.1. The van der Waals surface area contributed by atoms with Crippen LogP contribution in [0, 0.1) is 0 Å². The molecule has 10 nitrogen and oxygen atoms in total. The number of halogens is 1. The van der Waals surface area contributed by atoms with Gasteiger partial charge in [0.1, 0.15) is 10.8 Å². The lowest BCUT2D eigenvalue weighted by molar-refractivity contribution is 0.0642. The number of rotatable bonds is 10. The van der Waals surface area contributed by atoms with Gasteiger partial charge in [0, 0.05) is 30.2 Å². The molecule has 2 bridgehead atoms. The van der Waals surface area contributed by atoms with Gasteiger partial charge in [-0.15, -0.1) is 0 Å². The summed E-state index contributed by atoms with van der Waals surface area (Å²) in [5, 5.41) is 6.55. The van der Waals surface area contributed by atoms with Crippen LogP contribution in [0.4, 0.5) is 23.1 Å². The zero-order valence-electron chi connectivity index (χ0n) is 25.5. The number of carbonyl (C=O) groups excluding carboxylic acids is 1. The standard InChI is InChI=1S/C32H39ClN6O4S/c1-5-13-44(41,42)29-12-7-6-10-24(29)35-30-23(33)17-34-32(37-30)36-25-16-22-20(14-28(25)43-19(2)3)18-39(31(22)40)27-15-21-9-8-11-26(27)38(21)4/h6-7,10,12,14,16-17,19,21,26-27H,5,8-9,11,13,15,18H2,1-4H3,(H2,34,35,36,37). The van der Waals surface area contributed by atoms with Crippen molar-refractivity contribution in [2.75, 3.05) is 23.4 Å². The Hall–Kier alpha value is -3.41. The van der Waals surface area contributed by atoms with E-state index in [1.54, 1.807) is 24.3 Å². The van der Waals surface area contributed by atoms with Gasteiger partial charge in [-0.25, -0.2) is 13.4 Å². The Kier molecular flexibility index (Phi) is 8.47. The van der Waals surface area contributed by atoms with E-state index in [4.69, 9.17) is 16.3 Å². The summed E-state index contributed by atoms with van der Waals surface area (Å²) in [6, 6.07) is 11.6. The van der Waals surface area contributed by atoms with Gasteiger partial charge in [-0.05, 0) is 76.4 Å². The SMILES string of the molecule is CCCS(=O)(=O)c1ccccc1Nc1nc(Nc2cc3c(cc2OC(C)C)CN(C2CC4CCCC2N4C)C3=O)ncc1Cl. The lowest BCUT2D eigenvalue weighted by Gasteiger charge is -2.34. The molecule has 1 amide bonds. The minimum absolute atomic E-state index is 0.0296. The van der Waals surface area contributed by atoms with Gasteiger partial charge in [-0.2, -0.15) is 4.98 Å². The van der Waals surface area contributed by atoms with E-state index in [1.165, 1.54) is 19.0 Å². The Balaban J connectivity index is 1.29. The van der Waals surface area contributed by atoms with E-state index in [9.17, 15) is 13.2 Å². The van der Waals surface area contributed by atoms with E-state index in [0.29, 0.717) is 47.7 Å². The molecule has 3 aliphatic rings. The second kappa shape index (κ2) is 12.2. The summed E-state index contributed by atoms with van der Waals surface area (Å²) in [5.41, 5.74) is 2.54. The predicted octanol–water partition coefficient (Wildman–Crippen LogP) is 6.17. The molecule has 6 rings (SSSR count). The van der Waals surface area contributed by atoms with Gasteiger partial charge in [-0.1, -0.05) is 37.1 Å². The number of ether oxygens (including phenoxy) is 1. The molecule has 3 aliphatic heterocycles. The summed E-state index contributed by atoms with van der Waals surface area (Å²) in [4.78, 5) is 27.4. The quantitative estimate of drug-likeness (QED) is 0.269. The molecule has 1 aromatic heterocycles. The third-order valence-corrected chi connectivity index (χ3v) is 11.1. The van der Waals surface area contributed by atoms with Gasteiger partial charge in [0.15, 0.2) is 15.7 Å². The molecule has 3 aromatic rings. The monoisotopic (exact) mass is 638 g/mol. The molecular formula is C32H39ClN6O4S. The van der Waals surface area contributed by atoms with Crippen molar-refractivity contribution in [1.29, 1.82) is 0 Å². The molecule has 0 radical (unpaired) electrons. The number of nitrogens with zero attached hydrogens (tertiary/aromatic N) is 4. The van der Waals surface area contributed by atoms with Gasteiger partial charge >= 0.3 is 0 Å². The Morgan fingerprint density at radius 1 is 1.11 bits per heavy atom. The van der Waals surface area contributed by atoms with Crippen LogP contribution in [0.5, 0.6) is 5.75 Å². The van der Waals surface area contributed by atoms with Crippen LogP contribution in [0.1, 0.15) is 68.8 Å². The molecule has 4 heterocycles. The number of sulfone groups is 1. The fourth-order valence-corrected chi connectivity index (χ4v) is 8.46. The van der Waals surface area contributed by atoms with Crippen LogP contribution < -0.4 is 15.4 Å². The van der Waals surface area contributed by atoms with Crippen LogP contribution in [0.15, 0.2) is 47.5 Å². The average Bonchev–Trinajstić information content (AvgIpc) is 3.34. The molecular weight excluding hydrogens is 600 g/mol. The maximum Gasteiger partial charge on any atom is 0.254 e. The summed E-state index contributed by atoms with van der Waals surface area (Å²) in [6.07, 6.45) is 6.37. The third kappa shape index (κ3) is 5.84. The summed E-state index contributed by atoms with van der Waals surface area (Å²) < 4.78 is 32.0. The molecule has 234 valence electrons. The van der Waals surface area contributed by atoms with E-state index in [2.05, 4.69) is 32.5 Å².